The number of nitriles is 1. The van der Waals surface area contributed by atoms with Crippen molar-refractivity contribution in [2.45, 2.75) is 57.0 Å². The van der Waals surface area contributed by atoms with Crippen molar-refractivity contribution in [3.63, 3.8) is 0 Å². The van der Waals surface area contributed by atoms with Gasteiger partial charge in [0, 0.05) is 18.6 Å². The highest BCUT2D eigenvalue weighted by atomic mass is 15.2. The van der Waals surface area contributed by atoms with Crippen LogP contribution in [0.5, 0.6) is 0 Å². The van der Waals surface area contributed by atoms with Crippen molar-refractivity contribution < 1.29 is 0 Å². The monoisotopic (exact) mass is 284 g/mol. The Morgan fingerprint density at radius 2 is 2.00 bits per heavy atom. The highest BCUT2D eigenvalue weighted by Crippen LogP contribution is 2.26. The van der Waals surface area contributed by atoms with E-state index in [2.05, 4.69) is 21.3 Å². The summed E-state index contributed by atoms with van der Waals surface area (Å²) in [4.78, 5) is 7.01. The molecule has 0 spiro atoms. The standard InChI is InChI=1S/C17H24N4/c18-12-14-6-4-10-17(19-14)20-15-7-5-11-21(13-15)16-8-2-1-3-9-16/h4,6,10,15-16H,1-3,5,7-9,11,13H2,(H,19,20). The SMILES string of the molecule is N#Cc1cccc(NC2CCCN(C3CCCCC3)C2)n1. The van der Waals surface area contributed by atoms with Gasteiger partial charge >= 0.3 is 0 Å². The Bertz CT molecular complexity index is 502. The van der Waals surface area contributed by atoms with Crippen LogP contribution in [0.25, 0.3) is 0 Å². The molecule has 1 aromatic rings. The molecule has 1 N–H and O–H groups in total. The quantitative estimate of drug-likeness (QED) is 0.926. The molecule has 0 aromatic carbocycles. The minimum absolute atomic E-state index is 0.460. The number of aromatic nitrogens is 1. The van der Waals surface area contributed by atoms with Crippen molar-refractivity contribution in [1.82, 2.24) is 9.88 Å². The van der Waals surface area contributed by atoms with Crippen LogP contribution in [-0.2, 0) is 0 Å². The molecule has 2 aliphatic rings. The zero-order chi connectivity index (χ0) is 14.5. The second kappa shape index (κ2) is 6.91. The fourth-order valence-corrected chi connectivity index (χ4v) is 3.69. The van der Waals surface area contributed by atoms with Gasteiger partial charge in [0.15, 0.2) is 0 Å². The number of anilines is 1. The molecule has 112 valence electrons. The van der Waals surface area contributed by atoms with Crippen LogP contribution in [0.15, 0.2) is 18.2 Å². The van der Waals surface area contributed by atoms with Crippen LogP contribution in [0.2, 0.25) is 0 Å². The van der Waals surface area contributed by atoms with Gasteiger partial charge in [-0.3, -0.25) is 4.90 Å². The first-order valence-electron chi connectivity index (χ1n) is 8.23. The summed E-state index contributed by atoms with van der Waals surface area (Å²) in [7, 11) is 0. The second-order valence-electron chi connectivity index (χ2n) is 6.29. The van der Waals surface area contributed by atoms with Crippen molar-refractivity contribution in [2.24, 2.45) is 0 Å². The molecule has 1 saturated carbocycles. The van der Waals surface area contributed by atoms with E-state index in [0.29, 0.717) is 11.7 Å². The van der Waals surface area contributed by atoms with Crippen LogP contribution in [0.1, 0.15) is 50.6 Å². The third-order valence-corrected chi connectivity index (χ3v) is 4.76. The zero-order valence-electron chi connectivity index (χ0n) is 12.6. The molecule has 1 aliphatic heterocycles. The Morgan fingerprint density at radius 1 is 1.14 bits per heavy atom. The molecule has 1 atom stereocenters. The molecule has 4 nitrogen and oxygen atoms in total. The topological polar surface area (TPSA) is 52.0 Å². The van der Waals surface area contributed by atoms with Crippen molar-refractivity contribution >= 4 is 5.82 Å². The van der Waals surface area contributed by atoms with Gasteiger partial charge in [-0.05, 0) is 44.4 Å². The number of nitrogens with zero attached hydrogens (tertiary/aromatic N) is 3. The van der Waals surface area contributed by atoms with Gasteiger partial charge in [0.1, 0.15) is 17.6 Å². The van der Waals surface area contributed by atoms with Gasteiger partial charge in [-0.15, -0.1) is 0 Å². The smallest absolute Gasteiger partial charge is 0.142 e. The van der Waals surface area contributed by atoms with E-state index in [1.807, 2.05) is 12.1 Å². The lowest BCUT2D eigenvalue weighted by Gasteiger charge is -2.40. The summed E-state index contributed by atoms with van der Waals surface area (Å²) in [5.74, 6) is 0.838. The summed E-state index contributed by atoms with van der Waals surface area (Å²) in [6.07, 6.45) is 9.39. The lowest BCUT2D eigenvalue weighted by atomic mass is 9.92. The molecule has 1 aliphatic carbocycles. The van der Waals surface area contributed by atoms with Gasteiger partial charge in [0.2, 0.25) is 0 Å². The van der Waals surface area contributed by atoms with E-state index in [0.717, 1.165) is 18.4 Å². The van der Waals surface area contributed by atoms with Gasteiger partial charge in [-0.1, -0.05) is 25.3 Å². The van der Waals surface area contributed by atoms with Gasteiger partial charge in [-0.25, -0.2) is 4.98 Å². The van der Waals surface area contributed by atoms with Crippen molar-refractivity contribution in [3.05, 3.63) is 23.9 Å². The second-order valence-corrected chi connectivity index (χ2v) is 6.29. The van der Waals surface area contributed by atoms with Crippen LogP contribution >= 0.6 is 0 Å². The summed E-state index contributed by atoms with van der Waals surface area (Å²) < 4.78 is 0. The van der Waals surface area contributed by atoms with Crippen LogP contribution in [-0.4, -0.2) is 35.1 Å². The van der Waals surface area contributed by atoms with Gasteiger partial charge in [0.05, 0.1) is 0 Å². The van der Waals surface area contributed by atoms with Crippen LogP contribution < -0.4 is 5.32 Å². The molecule has 1 saturated heterocycles. The number of hydrogen-bond acceptors (Lipinski definition) is 4. The molecule has 21 heavy (non-hydrogen) atoms. The normalized spacial score (nSPS) is 24.4. The first kappa shape index (κ1) is 14.3. The third-order valence-electron chi connectivity index (χ3n) is 4.76. The molecule has 1 unspecified atom stereocenters. The first-order valence-corrected chi connectivity index (χ1v) is 8.23. The summed E-state index contributed by atoms with van der Waals surface area (Å²) in [5.41, 5.74) is 0.486. The fourth-order valence-electron chi connectivity index (χ4n) is 3.69. The van der Waals surface area contributed by atoms with Crippen LogP contribution in [0.4, 0.5) is 5.82 Å². The molecule has 3 rings (SSSR count). The number of nitrogens with one attached hydrogen (secondary N) is 1. The van der Waals surface area contributed by atoms with Crippen molar-refractivity contribution in [1.29, 1.82) is 5.26 Å². The fraction of sp³-hybridized carbons (Fsp3) is 0.647. The molecule has 1 aromatic heterocycles. The van der Waals surface area contributed by atoms with E-state index in [9.17, 15) is 0 Å². The number of hydrogen-bond donors (Lipinski definition) is 1. The Morgan fingerprint density at radius 3 is 2.81 bits per heavy atom. The largest absolute Gasteiger partial charge is 0.366 e. The van der Waals surface area contributed by atoms with Crippen LogP contribution in [0.3, 0.4) is 0 Å². The Hall–Kier alpha value is -1.60. The van der Waals surface area contributed by atoms with Crippen molar-refractivity contribution in [2.75, 3.05) is 18.4 Å². The molecule has 2 heterocycles. The average molecular weight is 284 g/mol. The summed E-state index contributed by atoms with van der Waals surface area (Å²) in [6, 6.07) is 8.96. The van der Waals surface area contributed by atoms with Crippen molar-refractivity contribution in [3.8, 4) is 6.07 Å². The maximum atomic E-state index is 8.93. The van der Waals surface area contributed by atoms with E-state index in [4.69, 9.17) is 5.26 Å². The number of piperidine rings is 1. The summed E-state index contributed by atoms with van der Waals surface area (Å²) in [6.45, 7) is 2.36. The third kappa shape index (κ3) is 3.74. The lowest BCUT2D eigenvalue weighted by Crippen LogP contribution is -2.47. The average Bonchev–Trinajstić information content (AvgIpc) is 2.56. The first-order chi connectivity index (χ1) is 10.3. The molecule has 0 amide bonds. The van der Waals surface area contributed by atoms with Crippen LogP contribution in [0, 0.1) is 11.3 Å². The summed E-state index contributed by atoms with van der Waals surface area (Å²) in [5, 5.41) is 12.5. The van der Waals surface area contributed by atoms with Gasteiger partial charge < -0.3 is 5.32 Å². The predicted molar refractivity (Wildman–Crippen MR) is 84.0 cm³/mol. The summed E-state index contributed by atoms with van der Waals surface area (Å²) >= 11 is 0. The maximum absolute atomic E-state index is 8.93. The van der Waals surface area contributed by atoms with E-state index in [-0.39, 0.29) is 0 Å². The van der Waals surface area contributed by atoms with E-state index >= 15 is 0 Å². The lowest BCUT2D eigenvalue weighted by molar-refractivity contribution is 0.124. The highest BCUT2D eigenvalue weighted by Gasteiger charge is 2.26. The Balaban J connectivity index is 1.59. The minimum atomic E-state index is 0.460. The Labute approximate surface area is 127 Å². The molecule has 4 heteroatoms. The Kier molecular flexibility index (Phi) is 4.72. The molecular formula is C17H24N4. The predicted octanol–water partition coefficient (Wildman–Crippen LogP) is 3.16. The number of likely N-dealkylation sites (tertiary alicyclic amines) is 1. The number of pyridine rings is 1. The minimum Gasteiger partial charge on any atom is -0.366 e. The molecule has 2 fully saturated rings. The van der Waals surface area contributed by atoms with Gasteiger partial charge in [-0.2, -0.15) is 5.26 Å². The van der Waals surface area contributed by atoms with Gasteiger partial charge in [0.25, 0.3) is 0 Å². The molecular weight excluding hydrogens is 260 g/mol. The number of rotatable bonds is 3. The van der Waals surface area contributed by atoms with E-state index in [1.165, 1.54) is 51.5 Å². The zero-order valence-corrected chi connectivity index (χ0v) is 12.6. The van der Waals surface area contributed by atoms with E-state index in [1.54, 1.807) is 6.07 Å². The van der Waals surface area contributed by atoms with E-state index < -0.39 is 0 Å². The highest BCUT2D eigenvalue weighted by molar-refractivity contribution is 5.39. The molecule has 0 radical (unpaired) electrons. The molecule has 0 bridgehead atoms. The maximum Gasteiger partial charge on any atom is 0.142 e.